The van der Waals surface area contributed by atoms with Gasteiger partial charge in [0, 0.05) is 0 Å². The average molecular weight is 474 g/mol. The Kier molecular flexibility index (Phi) is 18.1. The standard InChI is InChI=1S/4C4H9.HI.Sn/c4*1-3-4-2;;/h4*1,3-4H2,2H3;1H;/p-1. The normalized spacial score (nSPS) is 11.3. The van der Waals surface area contributed by atoms with Crippen LogP contribution in [-0.4, -0.2) is 18.4 Å². The first-order valence-corrected chi connectivity index (χ1v) is 16.3. The molecule has 0 aliphatic carbocycles. The van der Waals surface area contributed by atoms with Gasteiger partial charge in [0.25, 0.3) is 0 Å². The van der Waals surface area contributed by atoms with Crippen LogP contribution in [0.4, 0.5) is 0 Å². The van der Waals surface area contributed by atoms with E-state index in [1.54, 1.807) is 17.7 Å². The van der Waals surface area contributed by atoms with Gasteiger partial charge in [0.15, 0.2) is 0 Å². The third kappa shape index (κ3) is 10.3. The van der Waals surface area contributed by atoms with Crippen molar-refractivity contribution >= 4 is 18.4 Å². The Hall–Kier alpha value is 1.53. The van der Waals surface area contributed by atoms with E-state index in [2.05, 4.69) is 27.7 Å². The molecule has 0 spiro atoms. The van der Waals surface area contributed by atoms with Crippen LogP contribution < -0.4 is 24.0 Å². The summed E-state index contributed by atoms with van der Waals surface area (Å²) in [4.78, 5) is 0. The van der Waals surface area contributed by atoms with Gasteiger partial charge in [-0.1, -0.05) is 0 Å². The topological polar surface area (TPSA) is 0 Å². The fraction of sp³-hybridized carbons (Fsp3) is 1.00. The minimum Gasteiger partial charge on any atom is -1.00 e. The van der Waals surface area contributed by atoms with Crippen LogP contribution >= 0.6 is 0 Å². The van der Waals surface area contributed by atoms with E-state index in [1.165, 1.54) is 51.4 Å². The second-order valence-corrected chi connectivity index (χ2v) is 20.2. The Morgan fingerprint density at radius 2 is 0.722 bits per heavy atom. The first-order chi connectivity index (χ1) is 8.24. The van der Waals surface area contributed by atoms with Gasteiger partial charge < -0.3 is 24.0 Å². The molecule has 0 unspecified atom stereocenters. The Morgan fingerprint density at radius 1 is 0.500 bits per heavy atom. The monoisotopic (exact) mass is 475 g/mol. The van der Waals surface area contributed by atoms with E-state index in [1.807, 2.05) is 0 Å². The summed E-state index contributed by atoms with van der Waals surface area (Å²) < 4.78 is 6.80. The fourth-order valence-electron chi connectivity index (χ4n) is 2.96. The van der Waals surface area contributed by atoms with Crippen molar-refractivity contribution in [3.05, 3.63) is 0 Å². The minimum atomic E-state index is -1.69. The molecule has 0 rings (SSSR count). The number of halogens is 1. The maximum Gasteiger partial charge on any atom is -1.00 e. The van der Waals surface area contributed by atoms with Crippen molar-refractivity contribution in [3.8, 4) is 0 Å². The Morgan fingerprint density at radius 3 is 0.889 bits per heavy atom. The van der Waals surface area contributed by atoms with Crippen molar-refractivity contribution in [1.82, 2.24) is 0 Å². The van der Waals surface area contributed by atoms with Gasteiger partial charge in [-0.3, -0.25) is 0 Å². The molecule has 0 radical (unpaired) electrons. The first-order valence-electron chi connectivity index (χ1n) is 8.24. The Balaban J connectivity index is 0. The van der Waals surface area contributed by atoms with Gasteiger partial charge in [-0.05, 0) is 0 Å². The molecule has 112 valence electrons. The molecule has 0 aromatic heterocycles. The van der Waals surface area contributed by atoms with Gasteiger partial charge in [0.05, 0.1) is 0 Å². The molecule has 0 fully saturated rings. The molecule has 0 aromatic carbocycles. The molecule has 0 atom stereocenters. The summed E-state index contributed by atoms with van der Waals surface area (Å²) in [6, 6.07) is 0. The van der Waals surface area contributed by atoms with E-state index in [0.717, 1.165) is 0 Å². The number of rotatable bonds is 12. The molecular formula is C16H36ISn-. The number of hydrogen-bond donors (Lipinski definition) is 0. The van der Waals surface area contributed by atoms with E-state index in [4.69, 9.17) is 0 Å². The van der Waals surface area contributed by atoms with Crippen LogP contribution in [0, 0.1) is 0 Å². The Labute approximate surface area is 138 Å². The fourth-order valence-corrected chi connectivity index (χ4v) is 19.8. The van der Waals surface area contributed by atoms with E-state index < -0.39 is 18.4 Å². The third-order valence-corrected chi connectivity index (χ3v) is 20.4. The van der Waals surface area contributed by atoms with Crippen LogP contribution in [0.25, 0.3) is 0 Å². The molecule has 0 amide bonds. The van der Waals surface area contributed by atoms with Crippen molar-refractivity contribution in [3.63, 3.8) is 0 Å². The maximum atomic E-state index is 2.37. The first kappa shape index (κ1) is 21.8. The zero-order chi connectivity index (χ0) is 13.0. The number of unbranched alkanes of at least 4 members (excludes halogenated alkanes) is 4. The number of hydrogen-bond acceptors (Lipinski definition) is 0. The van der Waals surface area contributed by atoms with E-state index >= 15 is 0 Å². The summed E-state index contributed by atoms with van der Waals surface area (Å²) >= 11 is -1.69. The third-order valence-electron chi connectivity index (χ3n) is 4.24. The van der Waals surface area contributed by atoms with Crippen LogP contribution in [0.3, 0.4) is 0 Å². The molecule has 0 nitrogen and oxygen atoms in total. The summed E-state index contributed by atoms with van der Waals surface area (Å²) in [6.07, 6.45) is 11.8. The zero-order valence-corrected chi connectivity index (χ0v) is 18.4. The molecule has 0 bridgehead atoms. The molecule has 0 heterocycles. The van der Waals surface area contributed by atoms with Crippen LogP contribution in [0.2, 0.25) is 17.7 Å². The molecule has 0 saturated carbocycles. The van der Waals surface area contributed by atoms with Crippen LogP contribution in [0.1, 0.15) is 79.1 Å². The molecular weight excluding hydrogens is 438 g/mol. The van der Waals surface area contributed by atoms with Crippen molar-refractivity contribution in [2.45, 2.75) is 96.8 Å². The van der Waals surface area contributed by atoms with Crippen molar-refractivity contribution in [1.29, 1.82) is 0 Å². The summed E-state index contributed by atoms with van der Waals surface area (Å²) in [5, 5.41) is 0. The predicted molar refractivity (Wildman–Crippen MR) is 84.6 cm³/mol. The summed E-state index contributed by atoms with van der Waals surface area (Å²) in [6.45, 7) is 9.48. The Bertz CT molecular complexity index is 122. The molecule has 18 heavy (non-hydrogen) atoms. The largest absolute Gasteiger partial charge is 1.00 e. The van der Waals surface area contributed by atoms with Crippen LogP contribution in [0.15, 0.2) is 0 Å². The predicted octanol–water partition coefficient (Wildman–Crippen LogP) is 3.64. The van der Waals surface area contributed by atoms with Gasteiger partial charge in [0.2, 0.25) is 0 Å². The van der Waals surface area contributed by atoms with E-state index in [9.17, 15) is 0 Å². The molecule has 0 aromatic rings. The summed E-state index contributed by atoms with van der Waals surface area (Å²) in [5.74, 6) is 0. The van der Waals surface area contributed by atoms with Gasteiger partial charge in [-0.2, -0.15) is 0 Å². The molecule has 2 heteroatoms. The van der Waals surface area contributed by atoms with Gasteiger partial charge in [-0.25, -0.2) is 0 Å². The van der Waals surface area contributed by atoms with Gasteiger partial charge >= 0.3 is 115 Å². The van der Waals surface area contributed by atoms with E-state index in [-0.39, 0.29) is 24.0 Å². The zero-order valence-electron chi connectivity index (χ0n) is 13.4. The SMILES string of the molecule is CCC[CH2][Sn]([CH2]CCC)([CH2]CCC)[CH2]CCC.[I-]. The average Bonchev–Trinajstić information content (AvgIpc) is 2.37. The van der Waals surface area contributed by atoms with Crippen molar-refractivity contribution in [2.75, 3.05) is 0 Å². The summed E-state index contributed by atoms with van der Waals surface area (Å²) in [7, 11) is 0. The summed E-state index contributed by atoms with van der Waals surface area (Å²) in [5.41, 5.74) is 0. The smallest absolute Gasteiger partial charge is 1.00 e. The second-order valence-electron chi connectivity index (χ2n) is 5.91. The van der Waals surface area contributed by atoms with Crippen molar-refractivity contribution < 1.29 is 24.0 Å². The molecule has 0 aliphatic rings. The van der Waals surface area contributed by atoms with Crippen molar-refractivity contribution in [2.24, 2.45) is 0 Å². The van der Waals surface area contributed by atoms with Gasteiger partial charge in [-0.15, -0.1) is 0 Å². The van der Waals surface area contributed by atoms with E-state index in [0.29, 0.717) is 0 Å². The molecule has 0 saturated heterocycles. The van der Waals surface area contributed by atoms with Gasteiger partial charge in [0.1, 0.15) is 0 Å². The molecule has 0 aliphatic heterocycles. The molecule has 0 N–H and O–H groups in total. The minimum absolute atomic E-state index is 0. The van der Waals surface area contributed by atoms with Crippen LogP contribution in [0.5, 0.6) is 0 Å². The van der Waals surface area contributed by atoms with Crippen LogP contribution in [-0.2, 0) is 0 Å². The second kappa shape index (κ2) is 14.9. The maximum absolute atomic E-state index is 2.37. The quantitative estimate of drug-likeness (QED) is 0.300.